The smallest absolute Gasteiger partial charge is 0.242 e. The molecule has 1 aromatic carbocycles. The highest BCUT2D eigenvalue weighted by Crippen LogP contribution is 2.38. The molecule has 1 aromatic rings. The van der Waals surface area contributed by atoms with Gasteiger partial charge in [0.25, 0.3) is 0 Å². The maximum atomic E-state index is 13.0. The van der Waals surface area contributed by atoms with Crippen molar-refractivity contribution in [1.82, 2.24) is 4.31 Å². The van der Waals surface area contributed by atoms with Crippen LogP contribution in [0.5, 0.6) is 0 Å². The van der Waals surface area contributed by atoms with Crippen molar-refractivity contribution in [2.45, 2.75) is 43.9 Å². The monoisotopic (exact) mass is 387 g/mol. The molecule has 0 unspecified atom stereocenters. The largest absolute Gasteiger partial charge is 0.416 e. The van der Waals surface area contributed by atoms with Crippen LogP contribution in [-0.4, -0.2) is 20.3 Å². The minimum absolute atomic E-state index is 0.0599. The summed E-state index contributed by atoms with van der Waals surface area (Å²) in [6.45, 7) is 8.41. The zero-order chi connectivity index (χ0) is 19.8. The van der Waals surface area contributed by atoms with E-state index in [4.69, 9.17) is 0 Å². The Labute approximate surface area is 145 Å². The standard InChI is InChI=1S/C16H19F6NOS/c1-6-13(23(5)25(24)14(2,3)4)10-7-11(15(17,18)19)9-12(8-10)16(20,21)22/h6-9,13H,1H2,2-5H3/t13-,25+/m0/s1. The van der Waals surface area contributed by atoms with Gasteiger partial charge in [0.15, 0.2) is 0 Å². The molecule has 0 aliphatic carbocycles. The number of halogens is 6. The van der Waals surface area contributed by atoms with E-state index in [-0.39, 0.29) is 11.6 Å². The molecule has 0 aliphatic rings. The normalized spacial score (nSPS) is 16.0. The van der Waals surface area contributed by atoms with Crippen LogP contribution in [0.1, 0.15) is 43.5 Å². The molecular formula is C16H19F6NOS. The maximum absolute atomic E-state index is 13.0. The Morgan fingerprint density at radius 2 is 1.40 bits per heavy atom. The fourth-order valence-corrected chi connectivity index (χ4v) is 3.46. The van der Waals surface area contributed by atoms with Crippen LogP contribution >= 0.6 is 0 Å². The van der Waals surface area contributed by atoms with Crippen LogP contribution in [0.4, 0.5) is 26.3 Å². The molecular weight excluding hydrogens is 368 g/mol. The summed E-state index contributed by atoms with van der Waals surface area (Å²) in [7, 11) is -0.306. The van der Waals surface area contributed by atoms with Gasteiger partial charge in [0, 0.05) is 7.05 Å². The number of hydrogen-bond acceptors (Lipinski definition) is 1. The molecule has 0 aliphatic heterocycles. The predicted molar refractivity (Wildman–Crippen MR) is 85.0 cm³/mol. The lowest BCUT2D eigenvalue weighted by Crippen LogP contribution is -2.37. The Kier molecular flexibility index (Phi) is 6.17. The Balaban J connectivity index is 3.52. The van der Waals surface area contributed by atoms with E-state index in [9.17, 15) is 30.6 Å². The molecule has 0 spiro atoms. The molecule has 0 radical (unpaired) electrons. The molecule has 0 fully saturated rings. The van der Waals surface area contributed by atoms with Crippen LogP contribution in [0.25, 0.3) is 0 Å². The minimum Gasteiger partial charge on any atom is -0.242 e. The molecule has 1 rings (SSSR count). The van der Waals surface area contributed by atoms with Crippen LogP contribution < -0.4 is 0 Å². The Morgan fingerprint density at radius 1 is 1.00 bits per heavy atom. The first kappa shape index (κ1) is 21.7. The van der Waals surface area contributed by atoms with Gasteiger partial charge < -0.3 is 0 Å². The van der Waals surface area contributed by atoms with E-state index >= 15 is 0 Å². The summed E-state index contributed by atoms with van der Waals surface area (Å²) >= 11 is 0. The first-order valence-electron chi connectivity index (χ1n) is 7.15. The van der Waals surface area contributed by atoms with Crippen molar-refractivity contribution in [3.63, 3.8) is 0 Å². The summed E-state index contributed by atoms with van der Waals surface area (Å²) in [6, 6.07) is 0.226. The molecule has 0 bridgehead atoms. The summed E-state index contributed by atoms with van der Waals surface area (Å²) < 4.78 is 90.8. The average molecular weight is 387 g/mol. The second-order valence-electron chi connectivity index (χ2n) is 6.43. The summed E-state index contributed by atoms with van der Waals surface area (Å²) in [5, 5.41) is 0. The molecule has 0 saturated heterocycles. The number of alkyl halides is 6. The number of benzene rings is 1. The Bertz CT molecular complexity index is 628. The lowest BCUT2D eigenvalue weighted by molar-refractivity contribution is -0.143. The van der Waals surface area contributed by atoms with Crippen LogP contribution in [-0.2, 0) is 23.3 Å². The van der Waals surface area contributed by atoms with Gasteiger partial charge in [-0.3, -0.25) is 0 Å². The van der Waals surface area contributed by atoms with E-state index in [0.29, 0.717) is 12.1 Å². The molecule has 0 aromatic heterocycles. The van der Waals surface area contributed by atoms with E-state index in [1.165, 1.54) is 17.4 Å². The van der Waals surface area contributed by atoms with Gasteiger partial charge in [-0.15, -0.1) is 6.58 Å². The molecule has 0 N–H and O–H groups in total. The van der Waals surface area contributed by atoms with Crippen molar-refractivity contribution >= 4 is 11.0 Å². The number of hydrogen-bond donors (Lipinski definition) is 0. The van der Waals surface area contributed by atoms with E-state index in [0.717, 1.165) is 0 Å². The van der Waals surface area contributed by atoms with Crippen LogP contribution in [0.15, 0.2) is 30.9 Å². The third kappa shape index (κ3) is 5.31. The van der Waals surface area contributed by atoms with E-state index in [1.807, 2.05) is 0 Å². The molecule has 25 heavy (non-hydrogen) atoms. The number of nitrogens with zero attached hydrogens (tertiary/aromatic N) is 1. The number of rotatable bonds is 4. The first-order chi connectivity index (χ1) is 11.1. The third-order valence-corrected chi connectivity index (χ3v) is 5.15. The van der Waals surface area contributed by atoms with Crippen molar-refractivity contribution in [3.8, 4) is 0 Å². The van der Waals surface area contributed by atoms with Crippen molar-refractivity contribution < 1.29 is 30.6 Å². The summed E-state index contributed by atoms with van der Waals surface area (Å²) in [4.78, 5) is 0. The van der Waals surface area contributed by atoms with Gasteiger partial charge in [-0.05, 0) is 44.5 Å². The van der Waals surface area contributed by atoms with Gasteiger partial charge in [-0.2, -0.15) is 26.3 Å². The lowest BCUT2D eigenvalue weighted by Gasteiger charge is -2.31. The van der Waals surface area contributed by atoms with E-state index in [1.54, 1.807) is 20.8 Å². The topological polar surface area (TPSA) is 20.3 Å². The first-order valence-corrected chi connectivity index (χ1v) is 8.26. The second kappa shape index (κ2) is 7.11. The van der Waals surface area contributed by atoms with Crippen molar-refractivity contribution in [1.29, 1.82) is 0 Å². The molecule has 142 valence electrons. The van der Waals surface area contributed by atoms with Gasteiger partial charge in [-0.1, -0.05) is 6.08 Å². The molecule has 9 heteroatoms. The van der Waals surface area contributed by atoms with Gasteiger partial charge >= 0.3 is 12.4 Å². The maximum Gasteiger partial charge on any atom is 0.416 e. The van der Waals surface area contributed by atoms with Crippen LogP contribution in [0.2, 0.25) is 0 Å². The van der Waals surface area contributed by atoms with Crippen LogP contribution in [0, 0.1) is 0 Å². The Morgan fingerprint density at radius 3 is 1.68 bits per heavy atom. The highest BCUT2D eigenvalue weighted by atomic mass is 32.2. The van der Waals surface area contributed by atoms with Crippen LogP contribution in [0.3, 0.4) is 0 Å². The fraction of sp³-hybridized carbons (Fsp3) is 0.500. The van der Waals surface area contributed by atoms with Gasteiger partial charge in [0.05, 0.1) is 21.9 Å². The SMILES string of the molecule is C=C[C@@H](c1cc(C(F)(F)F)cc(C(F)(F)F)c1)N(C)[S@](=O)C(C)(C)C. The summed E-state index contributed by atoms with van der Waals surface area (Å²) in [6.07, 6.45) is -8.72. The molecule has 0 saturated carbocycles. The summed E-state index contributed by atoms with van der Waals surface area (Å²) in [5.74, 6) is 0. The zero-order valence-corrected chi connectivity index (χ0v) is 14.9. The van der Waals surface area contributed by atoms with Crippen molar-refractivity contribution in [2.75, 3.05) is 7.05 Å². The average Bonchev–Trinajstić information content (AvgIpc) is 2.44. The van der Waals surface area contributed by atoms with Gasteiger partial charge in [0.1, 0.15) is 11.0 Å². The summed E-state index contributed by atoms with van der Waals surface area (Å²) in [5.41, 5.74) is -3.12. The molecule has 2 nitrogen and oxygen atoms in total. The van der Waals surface area contributed by atoms with Gasteiger partial charge in [-0.25, -0.2) is 8.51 Å². The molecule has 0 heterocycles. The predicted octanol–water partition coefficient (Wildman–Crippen LogP) is 5.35. The number of likely N-dealkylation sites (N-methyl/N-ethyl adjacent to an activating group) is 1. The second-order valence-corrected chi connectivity index (χ2v) is 8.73. The fourth-order valence-electron chi connectivity index (χ4n) is 2.18. The van der Waals surface area contributed by atoms with Crippen molar-refractivity contribution in [2.24, 2.45) is 0 Å². The molecule has 2 atom stereocenters. The Hall–Kier alpha value is -1.35. The van der Waals surface area contributed by atoms with Crippen molar-refractivity contribution in [3.05, 3.63) is 47.5 Å². The lowest BCUT2D eigenvalue weighted by atomic mass is 9.99. The zero-order valence-electron chi connectivity index (χ0n) is 14.1. The third-order valence-electron chi connectivity index (χ3n) is 3.35. The minimum atomic E-state index is -4.94. The quantitative estimate of drug-likeness (QED) is 0.504. The molecule has 0 amide bonds. The highest BCUT2D eigenvalue weighted by Gasteiger charge is 2.38. The van der Waals surface area contributed by atoms with E-state index in [2.05, 4.69) is 6.58 Å². The van der Waals surface area contributed by atoms with Gasteiger partial charge in [0.2, 0.25) is 0 Å². The highest BCUT2D eigenvalue weighted by molar-refractivity contribution is 7.84. The van der Waals surface area contributed by atoms with E-state index < -0.39 is 45.3 Å².